The van der Waals surface area contributed by atoms with Crippen molar-refractivity contribution in [2.75, 3.05) is 13.1 Å². The minimum absolute atomic E-state index is 0.0897. The van der Waals surface area contributed by atoms with Crippen LogP contribution in [0.15, 0.2) is 0 Å². The van der Waals surface area contributed by atoms with E-state index in [4.69, 9.17) is 5.11 Å². The first-order valence-corrected chi connectivity index (χ1v) is 5.76. The van der Waals surface area contributed by atoms with Crippen LogP contribution in [0.3, 0.4) is 0 Å². The molecule has 1 aliphatic carbocycles. The Bertz CT molecular complexity index is 211. The molecule has 0 aromatic heterocycles. The van der Waals surface area contributed by atoms with Gasteiger partial charge >= 0.3 is 5.97 Å². The average molecular weight is 197 g/mol. The summed E-state index contributed by atoms with van der Waals surface area (Å²) in [5, 5.41) is 9.09. The van der Waals surface area contributed by atoms with Crippen LogP contribution < -0.4 is 0 Å². The lowest BCUT2D eigenvalue weighted by atomic mass is 9.99. The summed E-state index contributed by atoms with van der Waals surface area (Å²) in [6.45, 7) is 2.24. The van der Waals surface area contributed by atoms with E-state index in [2.05, 4.69) is 4.90 Å². The van der Waals surface area contributed by atoms with E-state index in [9.17, 15) is 4.79 Å². The topological polar surface area (TPSA) is 40.5 Å². The fourth-order valence-electron chi connectivity index (χ4n) is 2.92. The average Bonchev–Trinajstić information content (AvgIpc) is 2.67. The predicted molar refractivity (Wildman–Crippen MR) is 54.2 cm³/mol. The summed E-state index contributed by atoms with van der Waals surface area (Å²) < 4.78 is 0. The van der Waals surface area contributed by atoms with Crippen LogP contribution in [0.4, 0.5) is 0 Å². The van der Waals surface area contributed by atoms with Gasteiger partial charge in [0.2, 0.25) is 0 Å². The van der Waals surface area contributed by atoms with E-state index < -0.39 is 5.97 Å². The number of carboxylic acids is 1. The predicted octanol–water partition coefficient (Wildman–Crippen LogP) is 1.73. The van der Waals surface area contributed by atoms with Crippen LogP contribution in [-0.4, -0.2) is 35.1 Å². The van der Waals surface area contributed by atoms with Crippen LogP contribution in [0, 0.1) is 5.92 Å². The van der Waals surface area contributed by atoms with Crippen molar-refractivity contribution in [2.24, 2.45) is 5.92 Å². The number of likely N-dealkylation sites (tertiary alicyclic amines) is 1. The molecule has 2 rings (SSSR count). The molecule has 0 aromatic rings. The standard InChI is InChI=1S/C11H19NO2/c13-11(14)9-5-4-6-10(9)12-7-2-1-3-8-12/h9-10H,1-8H2,(H,13,14). The SMILES string of the molecule is O=C(O)C1CCCC1N1CCCCC1. The van der Waals surface area contributed by atoms with Crippen molar-refractivity contribution < 1.29 is 9.90 Å². The molecule has 1 heterocycles. The summed E-state index contributed by atoms with van der Waals surface area (Å²) >= 11 is 0. The maximum Gasteiger partial charge on any atom is 0.308 e. The molecule has 0 amide bonds. The highest BCUT2D eigenvalue weighted by atomic mass is 16.4. The molecule has 1 saturated heterocycles. The lowest BCUT2D eigenvalue weighted by Gasteiger charge is -2.34. The van der Waals surface area contributed by atoms with Crippen molar-refractivity contribution in [3.63, 3.8) is 0 Å². The second kappa shape index (κ2) is 4.30. The van der Waals surface area contributed by atoms with Crippen molar-refractivity contribution in [1.29, 1.82) is 0 Å². The van der Waals surface area contributed by atoms with Crippen LogP contribution >= 0.6 is 0 Å². The molecule has 2 unspecified atom stereocenters. The van der Waals surface area contributed by atoms with Gasteiger partial charge in [0.05, 0.1) is 5.92 Å². The number of nitrogens with zero attached hydrogens (tertiary/aromatic N) is 1. The first kappa shape index (κ1) is 9.97. The van der Waals surface area contributed by atoms with Gasteiger partial charge in [0.25, 0.3) is 0 Å². The van der Waals surface area contributed by atoms with Crippen LogP contribution in [0.25, 0.3) is 0 Å². The smallest absolute Gasteiger partial charge is 0.308 e. The first-order valence-electron chi connectivity index (χ1n) is 5.76. The molecular formula is C11H19NO2. The van der Waals surface area contributed by atoms with Gasteiger partial charge in [-0.2, -0.15) is 0 Å². The summed E-state index contributed by atoms with van der Waals surface area (Å²) in [5.41, 5.74) is 0. The summed E-state index contributed by atoms with van der Waals surface area (Å²) in [7, 11) is 0. The van der Waals surface area contributed by atoms with Crippen molar-refractivity contribution in [3.8, 4) is 0 Å². The molecule has 2 atom stereocenters. The minimum Gasteiger partial charge on any atom is -0.481 e. The van der Waals surface area contributed by atoms with E-state index in [1.807, 2.05) is 0 Å². The van der Waals surface area contributed by atoms with Crippen LogP contribution in [0.2, 0.25) is 0 Å². The first-order chi connectivity index (χ1) is 6.79. The molecule has 1 aliphatic heterocycles. The van der Waals surface area contributed by atoms with Gasteiger partial charge in [-0.15, -0.1) is 0 Å². The van der Waals surface area contributed by atoms with Crippen molar-refractivity contribution in [1.82, 2.24) is 4.90 Å². The number of piperidine rings is 1. The van der Waals surface area contributed by atoms with Gasteiger partial charge in [0.15, 0.2) is 0 Å². The Morgan fingerprint density at radius 2 is 1.79 bits per heavy atom. The molecule has 3 heteroatoms. The zero-order valence-electron chi connectivity index (χ0n) is 8.61. The van der Waals surface area contributed by atoms with Gasteiger partial charge in [-0.1, -0.05) is 12.8 Å². The summed E-state index contributed by atoms with van der Waals surface area (Å²) in [5.74, 6) is -0.675. The van der Waals surface area contributed by atoms with Gasteiger partial charge in [0, 0.05) is 6.04 Å². The van der Waals surface area contributed by atoms with E-state index >= 15 is 0 Å². The number of aliphatic carboxylic acids is 1. The molecule has 0 bridgehead atoms. The molecule has 0 radical (unpaired) electrons. The maximum absolute atomic E-state index is 11.0. The number of carbonyl (C=O) groups is 1. The third kappa shape index (κ3) is 1.92. The third-order valence-electron chi connectivity index (χ3n) is 3.66. The van der Waals surface area contributed by atoms with E-state index in [-0.39, 0.29) is 5.92 Å². The highest BCUT2D eigenvalue weighted by Crippen LogP contribution is 2.31. The number of rotatable bonds is 2. The van der Waals surface area contributed by atoms with Crippen LogP contribution in [0.1, 0.15) is 38.5 Å². The number of hydrogen-bond acceptors (Lipinski definition) is 2. The summed E-state index contributed by atoms with van der Waals surface area (Å²) in [6, 6.07) is 0.341. The van der Waals surface area contributed by atoms with E-state index in [1.165, 1.54) is 19.3 Å². The molecule has 2 fully saturated rings. The molecule has 1 saturated carbocycles. The number of hydrogen-bond donors (Lipinski definition) is 1. The molecule has 80 valence electrons. The second-order valence-electron chi connectivity index (χ2n) is 4.54. The van der Waals surface area contributed by atoms with Gasteiger partial charge < -0.3 is 5.11 Å². The Morgan fingerprint density at radius 3 is 2.43 bits per heavy atom. The van der Waals surface area contributed by atoms with E-state index in [0.29, 0.717) is 6.04 Å². The van der Waals surface area contributed by atoms with Crippen LogP contribution in [-0.2, 0) is 4.79 Å². The highest BCUT2D eigenvalue weighted by molar-refractivity contribution is 5.71. The van der Waals surface area contributed by atoms with Gasteiger partial charge in [0.1, 0.15) is 0 Å². The van der Waals surface area contributed by atoms with Crippen molar-refractivity contribution in [2.45, 2.75) is 44.6 Å². The number of carboxylic acid groups (broad SMARTS) is 1. The molecule has 3 nitrogen and oxygen atoms in total. The van der Waals surface area contributed by atoms with Crippen molar-refractivity contribution in [3.05, 3.63) is 0 Å². The Balaban J connectivity index is 1.97. The third-order valence-corrected chi connectivity index (χ3v) is 3.66. The lowest BCUT2D eigenvalue weighted by molar-refractivity contribution is -0.143. The Kier molecular flexibility index (Phi) is 3.06. The fraction of sp³-hybridized carbons (Fsp3) is 0.909. The summed E-state index contributed by atoms with van der Waals surface area (Å²) in [6.07, 6.45) is 6.90. The zero-order valence-corrected chi connectivity index (χ0v) is 8.61. The Hall–Kier alpha value is -0.570. The minimum atomic E-state index is -0.585. The van der Waals surface area contributed by atoms with Crippen molar-refractivity contribution >= 4 is 5.97 Å². The fourth-order valence-corrected chi connectivity index (χ4v) is 2.92. The van der Waals surface area contributed by atoms with E-state index in [0.717, 1.165) is 32.4 Å². The Morgan fingerprint density at radius 1 is 1.07 bits per heavy atom. The Labute approximate surface area is 85.1 Å². The van der Waals surface area contributed by atoms with Gasteiger partial charge in [-0.3, -0.25) is 9.69 Å². The molecule has 2 aliphatic rings. The lowest BCUT2D eigenvalue weighted by Crippen LogP contribution is -2.43. The summed E-state index contributed by atoms with van der Waals surface area (Å²) in [4.78, 5) is 13.4. The molecule has 14 heavy (non-hydrogen) atoms. The molecule has 0 spiro atoms. The monoisotopic (exact) mass is 197 g/mol. The molecular weight excluding hydrogens is 178 g/mol. The van der Waals surface area contributed by atoms with Crippen LogP contribution in [0.5, 0.6) is 0 Å². The van der Waals surface area contributed by atoms with E-state index in [1.54, 1.807) is 0 Å². The maximum atomic E-state index is 11.0. The zero-order chi connectivity index (χ0) is 9.97. The highest BCUT2D eigenvalue weighted by Gasteiger charge is 2.36. The molecule has 1 N–H and O–H groups in total. The van der Waals surface area contributed by atoms with Gasteiger partial charge in [-0.05, 0) is 38.8 Å². The van der Waals surface area contributed by atoms with Gasteiger partial charge in [-0.25, -0.2) is 0 Å². The quantitative estimate of drug-likeness (QED) is 0.733. The molecule has 0 aromatic carbocycles. The largest absolute Gasteiger partial charge is 0.481 e. The normalized spacial score (nSPS) is 34.6. The second-order valence-corrected chi connectivity index (χ2v) is 4.54.